The van der Waals surface area contributed by atoms with Crippen molar-refractivity contribution in [2.45, 2.75) is 31.7 Å². The Bertz CT molecular complexity index is 628. The average Bonchev–Trinajstić information content (AvgIpc) is 2.44. The molecule has 0 fully saturated rings. The molecule has 0 aliphatic heterocycles. The molecule has 1 unspecified atom stereocenters. The summed E-state index contributed by atoms with van der Waals surface area (Å²) in [6, 6.07) is 3.65. The first-order valence-corrected chi connectivity index (χ1v) is 8.01. The topological polar surface area (TPSA) is 92.6 Å². The highest BCUT2D eigenvalue weighted by atomic mass is 32.2. The SMILES string of the molecule is CNc1ccc(S(=O)(=O)N(C)C(C)C(C)C)cc1[N+](=O)[O-]. The van der Waals surface area contributed by atoms with Gasteiger partial charge < -0.3 is 5.32 Å². The lowest BCUT2D eigenvalue weighted by Gasteiger charge is -2.27. The second-order valence-corrected chi connectivity index (χ2v) is 7.19. The van der Waals surface area contributed by atoms with Gasteiger partial charge in [-0.1, -0.05) is 13.8 Å². The van der Waals surface area contributed by atoms with E-state index in [2.05, 4.69) is 5.32 Å². The maximum atomic E-state index is 12.5. The maximum absolute atomic E-state index is 12.5. The van der Waals surface area contributed by atoms with Gasteiger partial charge in [0, 0.05) is 26.2 Å². The summed E-state index contributed by atoms with van der Waals surface area (Å²) < 4.78 is 26.3. The Hall–Kier alpha value is -1.67. The summed E-state index contributed by atoms with van der Waals surface area (Å²) in [6.07, 6.45) is 0. The zero-order valence-electron chi connectivity index (χ0n) is 12.8. The molecule has 0 heterocycles. The Balaban J connectivity index is 3.33. The van der Waals surface area contributed by atoms with E-state index in [-0.39, 0.29) is 28.2 Å². The predicted octanol–water partition coefficient (Wildman–Crippen LogP) is 2.30. The fourth-order valence-electron chi connectivity index (χ4n) is 1.84. The summed E-state index contributed by atoms with van der Waals surface area (Å²) in [5, 5.41) is 13.7. The Morgan fingerprint density at radius 1 is 1.29 bits per heavy atom. The number of sulfonamides is 1. The first-order valence-electron chi connectivity index (χ1n) is 6.57. The van der Waals surface area contributed by atoms with E-state index in [0.717, 1.165) is 6.07 Å². The van der Waals surface area contributed by atoms with Crippen molar-refractivity contribution in [1.82, 2.24) is 4.31 Å². The van der Waals surface area contributed by atoms with E-state index in [1.165, 1.54) is 23.5 Å². The molecule has 21 heavy (non-hydrogen) atoms. The number of nitrogens with one attached hydrogen (secondary N) is 1. The number of rotatable bonds is 6. The molecule has 0 amide bonds. The molecule has 0 aliphatic carbocycles. The second kappa shape index (κ2) is 6.40. The summed E-state index contributed by atoms with van der Waals surface area (Å²) in [5.41, 5.74) is 0.0164. The van der Waals surface area contributed by atoms with Crippen molar-refractivity contribution in [3.63, 3.8) is 0 Å². The standard InChI is InChI=1S/C13H21N3O4S/c1-9(2)10(3)15(5)21(19,20)11-6-7-12(14-4)13(8-11)16(17)18/h6-10,14H,1-5H3. The van der Waals surface area contributed by atoms with Gasteiger partial charge in [0.05, 0.1) is 9.82 Å². The van der Waals surface area contributed by atoms with Crippen molar-refractivity contribution in [2.75, 3.05) is 19.4 Å². The van der Waals surface area contributed by atoms with E-state index in [4.69, 9.17) is 0 Å². The second-order valence-electron chi connectivity index (χ2n) is 5.19. The van der Waals surface area contributed by atoms with Crippen molar-refractivity contribution in [3.8, 4) is 0 Å². The third kappa shape index (κ3) is 3.51. The van der Waals surface area contributed by atoms with Crippen LogP contribution in [0.5, 0.6) is 0 Å². The Morgan fingerprint density at radius 2 is 1.86 bits per heavy atom. The van der Waals surface area contributed by atoms with Crippen molar-refractivity contribution in [2.24, 2.45) is 5.92 Å². The highest BCUT2D eigenvalue weighted by Gasteiger charge is 2.29. The molecule has 0 saturated heterocycles. The van der Waals surface area contributed by atoms with Crippen LogP contribution < -0.4 is 5.32 Å². The van der Waals surface area contributed by atoms with Crippen LogP contribution in [0.1, 0.15) is 20.8 Å². The van der Waals surface area contributed by atoms with Crippen molar-refractivity contribution < 1.29 is 13.3 Å². The van der Waals surface area contributed by atoms with E-state index in [1.807, 2.05) is 13.8 Å². The molecule has 1 aromatic carbocycles. The molecule has 1 rings (SSSR count). The molecule has 1 aromatic rings. The number of nitrogens with zero attached hydrogens (tertiary/aromatic N) is 2. The number of nitro groups is 1. The highest BCUT2D eigenvalue weighted by Crippen LogP contribution is 2.29. The van der Waals surface area contributed by atoms with Crippen LogP contribution in [-0.4, -0.2) is 37.8 Å². The molecule has 0 aliphatic rings. The number of benzene rings is 1. The third-order valence-corrected chi connectivity index (χ3v) is 5.59. The van der Waals surface area contributed by atoms with E-state index in [0.29, 0.717) is 0 Å². The molecule has 8 heteroatoms. The average molecular weight is 315 g/mol. The zero-order chi connectivity index (χ0) is 16.4. The first kappa shape index (κ1) is 17.4. The lowest BCUT2D eigenvalue weighted by atomic mass is 10.1. The van der Waals surface area contributed by atoms with Crippen molar-refractivity contribution in [3.05, 3.63) is 28.3 Å². The summed E-state index contributed by atoms with van der Waals surface area (Å²) in [5.74, 6) is 0.136. The molecule has 0 spiro atoms. The van der Waals surface area contributed by atoms with Gasteiger partial charge in [0.1, 0.15) is 5.69 Å². The minimum absolute atomic E-state index is 0.0804. The molecule has 7 nitrogen and oxygen atoms in total. The van der Waals surface area contributed by atoms with Gasteiger partial charge in [-0.25, -0.2) is 8.42 Å². The van der Waals surface area contributed by atoms with Crippen LogP contribution in [0.25, 0.3) is 0 Å². The van der Waals surface area contributed by atoms with Crippen LogP contribution in [0.4, 0.5) is 11.4 Å². The third-order valence-electron chi connectivity index (χ3n) is 3.65. The van der Waals surface area contributed by atoms with Crippen LogP contribution in [0.2, 0.25) is 0 Å². The smallest absolute Gasteiger partial charge is 0.293 e. The monoisotopic (exact) mass is 315 g/mol. The molecule has 0 aromatic heterocycles. The van der Waals surface area contributed by atoms with Crippen LogP contribution in [0.15, 0.2) is 23.1 Å². The van der Waals surface area contributed by atoms with E-state index >= 15 is 0 Å². The molecule has 0 radical (unpaired) electrons. The molecule has 0 bridgehead atoms. The largest absolute Gasteiger partial charge is 0.383 e. The highest BCUT2D eigenvalue weighted by molar-refractivity contribution is 7.89. The van der Waals surface area contributed by atoms with E-state index < -0.39 is 14.9 Å². The van der Waals surface area contributed by atoms with Gasteiger partial charge in [-0.3, -0.25) is 10.1 Å². The molecule has 1 N–H and O–H groups in total. The van der Waals surface area contributed by atoms with E-state index in [1.54, 1.807) is 14.0 Å². The molecule has 118 valence electrons. The van der Waals surface area contributed by atoms with Gasteiger partial charge in [-0.2, -0.15) is 4.31 Å². The minimum Gasteiger partial charge on any atom is -0.383 e. The normalized spacial score (nSPS) is 13.5. The lowest BCUT2D eigenvalue weighted by molar-refractivity contribution is -0.384. The Morgan fingerprint density at radius 3 is 2.29 bits per heavy atom. The Kier molecular flexibility index (Phi) is 5.30. The van der Waals surface area contributed by atoms with Crippen molar-refractivity contribution in [1.29, 1.82) is 0 Å². The summed E-state index contributed by atoms with van der Waals surface area (Å²) >= 11 is 0. The van der Waals surface area contributed by atoms with Crippen molar-refractivity contribution >= 4 is 21.4 Å². The number of hydrogen-bond acceptors (Lipinski definition) is 5. The van der Waals surface area contributed by atoms with Gasteiger partial charge in [0.2, 0.25) is 10.0 Å². The van der Waals surface area contributed by atoms with Crippen LogP contribution >= 0.6 is 0 Å². The van der Waals surface area contributed by atoms with Gasteiger partial charge in [-0.15, -0.1) is 0 Å². The number of nitro benzene ring substituents is 1. The first-order chi connectivity index (χ1) is 9.62. The predicted molar refractivity (Wildman–Crippen MR) is 81.9 cm³/mol. The summed E-state index contributed by atoms with van der Waals surface area (Å²) in [6.45, 7) is 5.64. The fraction of sp³-hybridized carbons (Fsp3) is 0.538. The van der Waals surface area contributed by atoms with E-state index in [9.17, 15) is 18.5 Å². The zero-order valence-corrected chi connectivity index (χ0v) is 13.6. The van der Waals surface area contributed by atoms with Crippen LogP contribution in [0.3, 0.4) is 0 Å². The van der Waals surface area contributed by atoms with Crippen LogP contribution in [0, 0.1) is 16.0 Å². The van der Waals surface area contributed by atoms with Gasteiger partial charge in [0.25, 0.3) is 5.69 Å². The van der Waals surface area contributed by atoms with Crippen LogP contribution in [-0.2, 0) is 10.0 Å². The molecule has 0 saturated carbocycles. The fourth-order valence-corrected chi connectivity index (χ4v) is 3.35. The molecule has 1 atom stereocenters. The lowest BCUT2D eigenvalue weighted by Crippen LogP contribution is -2.38. The van der Waals surface area contributed by atoms with Gasteiger partial charge in [-0.05, 0) is 25.0 Å². The van der Waals surface area contributed by atoms with Gasteiger partial charge in [0.15, 0.2) is 0 Å². The molecular weight excluding hydrogens is 294 g/mol. The molecular formula is C13H21N3O4S. The maximum Gasteiger partial charge on any atom is 0.293 e. The number of anilines is 1. The minimum atomic E-state index is -3.76. The summed E-state index contributed by atoms with van der Waals surface area (Å²) in [7, 11) is -0.734. The summed E-state index contributed by atoms with van der Waals surface area (Å²) in [4.78, 5) is 10.3. The van der Waals surface area contributed by atoms with Gasteiger partial charge >= 0.3 is 0 Å². The Labute approximate surface area is 125 Å². The number of hydrogen-bond donors (Lipinski definition) is 1. The quantitative estimate of drug-likeness (QED) is 0.642.